The monoisotopic (exact) mass is 341 g/mol. The number of hydrogen-bond acceptors (Lipinski definition) is 3. The number of carbonyl (C=O) groups excluding carboxylic acids is 1. The van der Waals surface area contributed by atoms with E-state index in [0.717, 1.165) is 5.56 Å². The average molecular weight is 341 g/mol. The van der Waals surface area contributed by atoms with Crippen molar-refractivity contribution >= 4 is 5.91 Å². The lowest BCUT2D eigenvalue weighted by molar-refractivity contribution is -0.124. The van der Waals surface area contributed by atoms with Gasteiger partial charge in [0.25, 0.3) is 5.91 Å². The Morgan fingerprint density at radius 3 is 2.12 bits per heavy atom. The van der Waals surface area contributed by atoms with Gasteiger partial charge in [-0.1, -0.05) is 63.2 Å². The zero-order chi connectivity index (χ0) is 18.5. The van der Waals surface area contributed by atoms with Crippen LogP contribution >= 0.6 is 0 Å². The molecule has 4 nitrogen and oxygen atoms in total. The molecule has 0 heterocycles. The quantitative estimate of drug-likeness (QED) is 0.847. The Morgan fingerprint density at radius 2 is 1.56 bits per heavy atom. The van der Waals surface area contributed by atoms with Gasteiger partial charge in [-0.25, -0.2) is 0 Å². The van der Waals surface area contributed by atoms with E-state index in [4.69, 9.17) is 4.74 Å². The van der Waals surface area contributed by atoms with Crippen molar-refractivity contribution < 1.29 is 14.6 Å². The molecule has 0 aliphatic rings. The molecule has 2 aromatic carbocycles. The topological polar surface area (TPSA) is 58.6 Å². The molecule has 0 aliphatic carbocycles. The van der Waals surface area contributed by atoms with E-state index in [1.54, 1.807) is 6.92 Å². The first-order valence-corrected chi connectivity index (χ1v) is 8.46. The third-order valence-corrected chi connectivity index (χ3v) is 4.12. The molecule has 2 rings (SSSR count). The highest BCUT2D eigenvalue weighted by Gasteiger charge is 2.23. The molecule has 0 spiro atoms. The highest BCUT2D eigenvalue weighted by atomic mass is 16.5. The summed E-state index contributed by atoms with van der Waals surface area (Å²) in [6, 6.07) is 17.0. The van der Waals surface area contributed by atoms with Crippen molar-refractivity contribution in [3.05, 3.63) is 65.7 Å². The van der Waals surface area contributed by atoms with Crippen LogP contribution in [-0.4, -0.2) is 24.2 Å². The van der Waals surface area contributed by atoms with Crippen molar-refractivity contribution in [2.45, 2.75) is 38.7 Å². The molecular weight excluding hydrogens is 314 g/mol. The first-order valence-electron chi connectivity index (χ1n) is 8.46. The third-order valence-electron chi connectivity index (χ3n) is 4.12. The van der Waals surface area contributed by atoms with Crippen molar-refractivity contribution in [2.75, 3.05) is 13.2 Å². The van der Waals surface area contributed by atoms with Gasteiger partial charge in [-0.3, -0.25) is 4.79 Å². The number of rotatable bonds is 6. The predicted octanol–water partition coefficient (Wildman–Crippen LogP) is 3.39. The Balaban J connectivity index is 1.83. The van der Waals surface area contributed by atoms with Gasteiger partial charge in [-0.05, 0) is 35.6 Å². The molecule has 1 atom stereocenters. The Bertz CT molecular complexity index is 685. The first-order chi connectivity index (χ1) is 11.7. The Morgan fingerprint density at radius 1 is 0.960 bits per heavy atom. The van der Waals surface area contributed by atoms with Gasteiger partial charge in [0, 0.05) is 0 Å². The Hall–Kier alpha value is -2.33. The standard InChI is InChI=1S/C21H27NO3/c1-20(2,3)16-10-12-18(13-11-16)25-14-19(23)22-15-21(4,24)17-8-6-5-7-9-17/h5-13,24H,14-15H2,1-4H3,(H,22,23). The fraction of sp³-hybridized carbons (Fsp3) is 0.381. The van der Waals surface area contributed by atoms with Crippen LogP contribution in [-0.2, 0) is 15.8 Å². The zero-order valence-corrected chi connectivity index (χ0v) is 15.4. The molecule has 1 unspecified atom stereocenters. The molecule has 25 heavy (non-hydrogen) atoms. The van der Waals surface area contributed by atoms with Gasteiger partial charge in [-0.2, -0.15) is 0 Å². The van der Waals surface area contributed by atoms with E-state index in [2.05, 4.69) is 26.1 Å². The SMILES string of the molecule is CC(C)(C)c1ccc(OCC(=O)NCC(C)(O)c2ccccc2)cc1. The van der Waals surface area contributed by atoms with Crippen LogP contribution in [0.4, 0.5) is 0 Å². The highest BCUT2D eigenvalue weighted by Crippen LogP contribution is 2.24. The lowest BCUT2D eigenvalue weighted by Gasteiger charge is -2.24. The second-order valence-corrected chi connectivity index (χ2v) is 7.48. The van der Waals surface area contributed by atoms with Gasteiger partial charge >= 0.3 is 0 Å². The lowest BCUT2D eigenvalue weighted by atomic mass is 9.87. The molecular formula is C21H27NO3. The van der Waals surface area contributed by atoms with Crippen molar-refractivity contribution in [2.24, 2.45) is 0 Å². The van der Waals surface area contributed by atoms with Crippen molar-refractivity contribution in [3.8, 4) is 5.75 Å². The van der Waals surface area contributed by atoms with Crippen LogP contribution in [0.3, 0.4) is 0 Å². The summed E-state index contributed by atoms with van der Waals surface area (Å²) in [7, 11) is 0. The Kier molecular flexibility index (Phi) is 5.85. The minimum atomic E-state index is -1.12. The number of nitrogens with one attached hydrogen (secondary N) is 1. The van der Waals surface area contributed by atoms with Gasteiger partial charge in [0.1, 0.15) is 11.4 Å². The maximum absolute atomic E-state index is 12.0. The summed E-state index contributed by atoms with van der Waals surface area (Å²) in [6.45, 7) is 8.16. The fourth-order valence-corrected chi connectivity index (χ4v) is 2.42. The average Bonchev–Trinajstić information content (AvgIpc) is 2.58. The van der Waals surface area contributed by atoms with Crippen LogP contribution in [0, 0.1) is 0 Å². The molecule has 0 fully saturated rings. The molecule has 0 bridgehead atoms. The molecule has 4 heteroatoms. The van der Waals surface area contributed by atoms with E-state index >= 15 is 0 Å². The number of amides is 1. The first kappa shape index (κ1) is 19.0. The highest BCUT2D eigenvalue weighted by molar-refractivity contribution is 5.77. The lowest BCUT2D eigenvalue weighted by Crippen LogP contribution is -2.40. The molecule has 2 aromatic rings. The summed E-state index contributed by atoms with van der Waals surface area (Å²) in [5, 5.41) is 13.2. The van der Waals surface area contributed by atoms with Gasteiger partial charge in [-0.15, -0.1) is 0 Å². The third kappa shape index (κ3) is 5.61. The smallest absolute Gasteiger partial charge is 0.258 e. The summed E-state index contributed by atoms with van der Waals surface area (Å²) in [5.74, 6) is 0.383. The molecule has 0 saturated heterocycles. The minimum absolute atomic E-state index is 0.0823. The largest absolute Gasteiger partial charge is 0.484 e. The summed E-state index contributed by atoms with van der Waals surface area (Å²) in [4.78, 5) is 12.0. The number of hydrogen-bond donors (Lipinski definition) is 2. The van der Waals surface area contributed by atoms with E-state index in [1.807, 2.05) is 54.6 Å². The second kappa shape index (κ2) is 7.70. The van der Waals surface area contributed by atoms with E-state index < -0.39 is 5.60 Å². The molecule has 2 N–H and O–H groups in total. The number of benzene rings is 2. The zero-order valence-electron chi connectivity index (χ0n) is 15.4. The normalized spacial score (nSPS) is 13.8. The van der Waals surface area contributed by atoms with Crippen molar-refractivity contribution in [3.63, 3.8) is 0 Å². The molecule has 134 valence electrons. The molecule has 0 radical (unpaired) electrons. The van der Waals surface area contributed by atoms with Crippen molar-refractivity contribution in [1.29, 1.82) is 0 Å². The van der Waals surface area contributed by atoms with E-state index in [1.165, 1.54) is 5.56 Å². The second-order valence-electron chi connectivity index (χ2n) is 7.48. The summed E-state index contributed by atoms with van der Waals surface area (Å²) < 4.78 is 5.51. The predicted molar refractivity (Wildman–Crippen MR) is 99.7 cm³/mol. The van der Waals surface area contributed by atoms with E-state index in [-0.39, 0.29) is 24.5 Å². The molecule has 0 aliphatic heterocycles. The van der Waals surface area contributed by atoms with Crippen LogP contribution in [0.2, 0.25) is 0 Å². The Labute approximate surface area is 149 Å². The number of carbonyl (C=O) groups is 1. The maximum Gasteiger partial charge on any atom is 0.258 e. The van der Waals surface area contributed by atoms with Crippen LogP contribution in [0.25, 0.3) is 0 Å². The van der Waals surface area contributed by atoms with E-state index in [0.29, 0.717) is 5.75 Å². The molecule has 0 saturated carbocycles. The van der Waals surface area contributed by atoms with Crippen molar-refractivity contribution in [1.82, 2.24) is 5.32 Å². The van der Waals surface area contributed by atoms with Crippen LogP contribution < -0.4 is 10.1 Å². The summed E-state index contributed by atoms with van der Waals surface area (Å²) in [5.41, 5.74) is 0.932. The van der Waals surface area contributed by atoms with Gasteiger partial charge in [0.05, 0.1) is 6.54 Å². The van der Waals surface area contributed by atoms with Gasteiger partial charge in [0.15, 0.2) is 6.61 Å². The van der Waals surface area contributed by atoms with Crippen LogP contribution in [0.15, 0.2) is 54.6 Å². The van der Waals surface area contributed by atoms with Crippen LogP contribution in [0.1, 0.15) is 38.8 Å². The van der Waals surface area contributed by atoms with Crippen LogP contribution in [0.5, 0.6) is 5.75 Å². The summed E-state index contributed by atoms with van der Waals surface area (Å²) in [6.07, 6.45) is 0. The summed E-state index contributed by atoms with van der Waals surface area (Å²) >= 11 is 0. The fourth-order valence-electron chi connectivity index (χ4n) is 2.42. The number of aliphatic hydroxyl groups is 1. The minimum Gasteiger partial charge on any atom is -0.484 e. The van der Waals surface area contributed by atoms with Gasteiger partial charge < -0.3 is 15.2 Å². The number of ether oxygens (including phenoxy) is 1. The van der Waals surface area contributed by atoms with E-state index in [9.17, 15) is 9.90 Å². The molecule has 1 amide bonds. The molecule has 0 aromatic heterocycles. The maximum atomic E-state index is 12.0. The van der Waals surface area contributed by atoms with Gasteiger partial charge in [0.2, 0.25) is 0 Å².